The molecule has 0 unspecified atom stereocenters. The third kappa shape index (κ3) is 5.37. The van der Waals surface area contributed by atoms with Gasteiger partial charge in [-0.15, -0.1) is 0 Å². The Kier molecular flexibility index (Phi) is 9.14. The normalized spacial score (nSPS) is 14.1. The van der Waals surface area contributed by atoms with Gasteiger partial charge in [0.2, 0.25) is 0 Å². The lowest BCUT2D eigenvalue weighted by Gasteiger charge is -2.38. The van der Waals surface area contributed by atoms with Crippen molar-refractivity contribution in [2.75, 3.05) is 13.2 Å². The van der Waals surface area contributed by atoms with Gasteiger partial charge in [-0.2, -0.15) is 0 Å². The molecule has 0 saturated carbocycles. The molecule has 0 aromatic heterocycles. The second-order valence-corrected chi connectivity index (χ2v) is 15.0. The van der Waals surface area contributed by atoms with Gasteiger partial charge in [-0.1, -0.05) is 160 Å². The lowest BCUT2D eigenvalue weighted by molar-refractivity contribution is 0.311. The number of rotatable bonds is 12. The fourth-order valence-corrected chi connectivity index (χ4v) is 9.68. The zero-order valence-corrected chi connectivity index (χ0v) is 32.1. The Balaban J connectivity index is 1.39. The molecule has 0 saturated heterocycles. The number of hydrogen-bond donors (Lipinski definition) is 0. The number of hydrogen-bond acceptors (Lipinski definition) is 2. The van der Waals surface area contributed by atoms with Crippen LogP contribution in [0.4, 0.5) is 0 Å². The monoisotopic (exact) mass is 716 g/mol. The number of unbranched alkanes of at least 4 members (excludes halogenated alkanes) is 1. The summed E-state index contributed by atoms with van der Waals surface area (Å²) < 4.78 is 12.9. The van der Waals surface area contributed by atoms with E-state index in [1.165, 1.54) is 85.2 Å². The lowest BCUT2D eigenvalue weighted by Crippen LogP contribution is -2.32. The van der Waals surface area contributed by atoms with E-state index in [0.29, 0.717) is 13.2 Å². The molecule has 0 fully saturated rings. The predicted octanol–water partition coefficient (Wildman–Crippen LogP) is 12.9. The minimum atomic E-state index is -0.618. The van der Waals surface area contributed by atoms with Crippen LogP contribution in [0, 0.1) is 0 Å². The zero-order chi connectivity index (χ0) is 37.4. The summed E-state index contributed by atoms with van der Waals surface area (Å²) in [5.41, 5.74) is 15.3. The molecule has 0 bridgehead atoms. The Morgan fingerprint density at radius 1 is 0.418 bits per heavy atom. The summed E-state index contributed by atoms with van der Waals surface area (Å²) in [6.45, 7) is 7.76. The van der Waals surface area contributed by atoms with Gasteiger partial charge in [0.1, 0.15) is 11.5 Å². The van der Waals surface area contributed by atoms with Crippen molar-refractivity contribution in [1.82, 2.24) is 0 Å². The molecular formula is C53H48O2. The number of aryl methyl sites for hydroxylation is 1. The van der Waals surface area contributed by atoms with Gasteiger partial charge in [-0.25, -0.2) is 0 Å². The van der Waals surface area contributed by atoms with E-state index in [1.54, 1.807) is 0 Å². The maximum Gasteiger partial charge on any atom is 0.124 e. The van der Waals surface area contributed by atoms with Crippen LogP contribution in [0.1, 0.15) is 90.1 Å². The molecule has 0 atom stereocenters. The van der Waals surface area contributed by atoms with Crippen LogP contribution in [0.5, 0.6) is 11.5 Å². The first-order chi connectivity index (χ1) is 27.2. The maximum atomic E-state index is 6.87. The Morgan fingerprint density at radius 3 is 1.40 bits per heavy atom. The molecule has 9 rings (SSSR count). The van der Waals surface area contributed by atoms with Crippen LogP contribution in [0.15, 0.2) is 164 Å². The summed E-state index contributed by atoms with van der Waals surface area (Å²) in [4.78, 5) is 0. The summed E-state index contributed by atoms with van der Waals surface area (Å²) in [5.74, 6) is 1.80. The molecule has 0 N–H and O–H groups in total. The summed E-state index contributed by atoms with van der Waals surface area (Å²) in [5, 5.41) is 0. The molecule has 55 heavy (non-hydrogen) atoms. The third-order valence-corrected chi connectivity index (χ3v) is 12.0. The van der Waals surface area contributed by atoms with Crippen molar-refractivity contribution in [3.05, 3.63) is 214 Å². The quantitative estimate of drug-likeness (QED) is 0.125. The van der Waals surface area contributed by atoms with E-state index in [0.717, 1.165) is 24.3 Å². The fraction of sp³-hybridized carbons (Fsp3) is 0.208. The van der Waals surface area contributed by atoms with Crippen LogP contribution >= 0.6 is 0 Å². The number of fused-ring (bicyclic) bond motifs is 6. The highest BCUT2D eigenvalue weighted by molar-refractivity contribution is 5.89. The molecule has 2 aliphatic rings. The van der Waals surface area contributed by atoms with Gasteiger partial charge in [0, 0.05) is 5.56 Å². The molecular weight excluding hydrogens is 669 g/mol. The van der Waals surface area contributed by atoms with Crippen molar-refractivity contribution < 1.29 is 9.47 Å². The van der Waals surface area contributed by atoms with Crippen LogP contribution in [-0.4, -0.2) is 13.2 Å². The molecule has 2 heteroatoms. The van der Waals surface area contributed by atoms with E-state index in [1.807, 2.05) is 6.92 Å². The Morgan fingerprint density at radius 2 is 0.891 bits per heavy atom. The van der Waals surface area contributed by atoms with E-state index < -0.39 is 10.8 Å². The van der Waals surface area contributed by atoms with Crippen molar-refractivity contribution in [1.29, 1.82) is 0 Å². The highest BCUT2D eigenvalue weighted by Crippen LogP contribution is 2.61. The molecule has 7 aromatic carbocycles. The van der Waals surface area contributed by atoms with E-state index in [2.05, 4.69) is 178 Å². The molecule has 0 radical (unpaired) electrons. The average molecular weight is 717 g/mol. The smallest absolute Gasteiger partial charge is 0.124 e. The molecule has 0 heterocycles. The van der Waals surface area contributed by atoms with Gasteiger partial charge in [0.25, 0.3) is 0 Å². The fourth-order valence-electron chi connectivity index (χ4n) is 9.68. The average Bonchev–Trinajstić information content (AvgIpc) is 3.72. The van der Waals surface area contributed by atoms with Gasteiger partial charge in [-0.05, 0) is 117 Å². The van der Waals surface area contributed by atoms with E-state index in [9.17, 15) is 0 Å². The standard InChI is InChI=1S/C53H48O2/c1-4-7-16-37-25-27-39(28-26-37)53(48-23-14-10-19-44(48)45-20-11-15-24-49(45)53)50-36-40(31-34-51(50)55-35-5-2)52(38-29-32-41(33-30-38)54-6-3)46-21-12-8-17-42(46)43-18-9-13-22-47(43)52/h8-15,17-34,36H,4-7,16,35H2,1-3H3. The Hall–Kier alpha value is -5.86. The maximum absolute atomic E-state index is 6.87. The van der Waals surface area contributed by atoms with Gasteiger partial charge in [-0.3, -0.25) is 0 Å². The summed E-state index contributed by atoms with van der Waals surface area (Å²) >= 11 is 0. The minimum Gasteiger partial charge on any atom is -0.494 e. The van der Waals surface area contributed by atoms with Gasteiger partial charge in [0.05, 0.1) is 24.0 Å². The zero-order valence-electron chi connectivity index (χ0n) is 32.1. The second kappa shape index (κ2) is 14.4. The van der Waals surface area contributed by atoms with Crippen LogP contribution in [-0.2, 0) is 17.3 Å². The van der Waals surface area contributed by atoms with Crippen molar-refractivity contribution in [2.24, 2.45) is 0 Å². The van der Waals surface area contributed by atoms with Gasteiger partial charge < -0.3 is 9.47 Å². The third-order valence-electron chi connectivity index (χ3n) is 12.0. The van der Waals surface area contributed by atoms with Crippen LogP contribution < -0.4 is 9.47 Å². The van der Waals surface area contributed by atoms with E-state index in [4.69, 9.17) is 9.47 Å². The highest BCUT2D eigenvalue weighted by Gasteiger charge is 2.50. The highest BCUT2D eigenvalue weighted by atomic mass is 16.5. The first-order valence-corrected chi connectivity index (χ1v) is 20.2. The summed E-state index contributed by atoms with van der Waals surface area (Å²) in [6.07, 6.45) is 4.37. The SMILES string of the molecule is CCCCc1ccc(C2(c3cc(C4(c5ccc(OCC)cc5)c5ccccc5-c5ccccc54)ccc3OCCC)c3ccccc3-c3ccccc32)cc1. The van der Waals surface area contributed by atoms with Crippen molar-refractivity contribution in [3.8, 4) is 33.8 Å². The first kappa shape index (κ1) is 34.9. The number of benzene rings is 7. The molecule has 272 valence electrons. The van der Waals surface area contributed by atoms with Gasteiger partial charge in [0.15, 0.2) is 0 Å². The summed E-state index contributed by atoms with van der Waals surface area (Å²) in [7, 11) is 0. The van der Waals surface area contributed by atoms with Crippen molar-refractivity contribution in [3.63, 3.8) is 0 Å². The molecule has 7 aromatic rings. The molecule has 2 aliphatic carbocycles. The molecule has 0 spiro atoms. The number of ether oxygens (including phenoxy) is 2. The predicted molar refractivity (Wildman–Crippen MR) is 227 cm³/mol. The lowest BCUT2D eigenvalue weighted by atomic mass is 9.63. The minimum absolute atomic E-state index is 0.585. The van der Waals surface area contributed by atoms with Crippen molar-refractivity contribution >= 4 is 0 Å². The second-order valence-electron chi connectivity index (χ2n) is 15.0. The molecule has 0 aliphatic heterocycles. The van der Waals surface area contributed by atoms with Crippen molar-refractivity contribution in [2.45, 2.75) is 57.3 Å². The molecule has 0 amide bonds. The first-order valence-electron chi connectivity index (χ1n) is 20.2. The van der Waals surface area contributed by atoms with Crippen LogP contribution in [0.3, 0.4) is 0 Å². The molecule has 2 nitrogen and oxygen atoms in total. The van der Waals surface area contributed by atoms with Gasteiger partial charge >= 0.3 is 0 Å². The summed E-state index contributed by atoms with van der Waals surface area (Å²) in [6, 6.07) is 61.4. The Bertz CT molecular complexity index is 2380. The van der Waals surface area contributed by atoms with E-state index >= 15 is 0 Å². The largest absolute Gasteiger partial charge is 0.494 e. The Labute approximate surface area is 326 Å². The van der Waals surface area contributed by atoms with Crippen LogP contribution in [0.2, 0.25) is 0 Å². The van der Waals surface area contributed by atoms with Crippen LogP contribution in [0.25, 0.3) is 22.3 Å². The van der Waals surface area contributed by atoms with E-state index in [-0.39, 0.29) is 0 Å². The topological polar surface area (TPSA) is 18.5 Å².